The summed E-state index contributed by atoms with van der Waals surface area (Å²) in [5, 5.41) is 5.46. The van der Waals surface area contributed by atoms with Gasteiger partial charge in [-0.3, -0.25) is 0 Å². The number of urea groups is 1. The highest BCUT2D eigenvalue weighted by molar-refractivity contribution is 9.10. The van der Waals surface area contributed by atoms with Crippen molar-refractivity contribution < 1.29 is 14.3 Å². The Kier molecular flexibility index (Phi) is 4.83. The number of fused-ring (bicyclic) bond motifs is 1. The third kappa shape index (κ3) is 4.04. The standard InChI is InChI=1S/C17H15BrN2O3/c18-14-4-2-1-3-13(14)7-8-19-17(21)20-10-12-5-6-15-16(9-12)23-11-22-15/h1-9H,10-11H2,(H2,19,20,21)/b8-7+. The molecule has 5 nitrogen and oxygen atoms in total. The minimum absolute atomic E-state index is 0.243. The van der Waals surface area contributed by atoms with E-state index in [1.165, 1.54) is 0 Å². The Morgan fingerprint density at radius 2 is 2.00 bits per heavy atom. The van der Waals surface area contributed by atoms with Crippen molar-refractivity contribution in [2.75, 3.05) is 6.79 Å². The zero-order valence-electron chi connectivity index (χ0n) is 12.2. The second-order valence-electron chi connectivity index (χ2n) is 4.87. The van der Waals surface area contributed by atoms with Crippen LogP contribution in [-0.2, 0) is 6.54 Å². The maximum Gasteiger partial charge on any atom is 0.319 e. The van der Waals surface area contributed by atoms with Gasteiger partial charge >= 0.3 is 6.03 Å². The second-order valence-corrected chi connectivity index (χ2v) is 5.72. The Balaban J connectivity index is 1.49. The highest BCUT2D eigenvalue weighted by Gasteiger charge is 2.13. The Morgan fingerprint density at radius 3 is 2.87 bits per heavy atom. The van der Waals surface area contributed by atoms with Crippen LogP contribution in [0.5, 0.6) is 11.5 Å². The molecule has 2 aromatic rings. The van der Waals surface area contributed by atoms with Gasteiger partial charge in [-0.1, -0.05) is 40.2 Å². The second kappa shape index (κ2) is 7.19. The Labute approximate surface area is 142 Å². The average Bonchev–Trinajstić information content (AvgIpc) is 3.02. The number of hydrogen-bond acceptors (Lipinski definition) is 3. The van der Waals surface area contributed by atoms with Crippen LogP contribution >= 0.6 is 15.9 Å². The van der Waals surface area contributed by atoms with E-state index >= 15 is 0 Å². The van der Waals surface area contributed by atoms with E-state index in [0.29, 0.717) is 12.3 Å². The van der Waals surface area contributed by atoms with Crippen molar-refractivity contribution in [2.45, 2.75) is 6.54 Å². The fourth-order valence-corrected chi connectivity index (χ4v) is 2.52. The Morgan fingerprint density at radius 1 is 1.17 bits per heavy atom. The average molecular weight is 375 g/mol. The molecule has 1 aliphatic heterocycles. The van der Waals surface area contributed by atoms with Crippen LogP contribution in [-0.4, -0.2) is 12.8 Å². The molecule has 3 rings (SSSR count). The molecule has 118 valence electrons. The predicted molar refractivity (Wildman–Crippen MR) is 91.1 cm³/mol. The summed E-state index contributed by atoms with van der Waals surface area (Å²) in [6, 6.07) is 13.1. The highest BCUT2D eigenvalue weighted by Crippen LogP contribution is 2.32. The van der Waals surface area contributed by atoms with Gasteiger partial charge in [-0.05, 0) is 35.4 Å². The zero-order valence-corrected chi connectivity index (χ0v) is 13.8. The Hall–Kier alpha value is -2.47. The molecule has 0 fully saturated rings. The zero-order chi connectivity index (χ0) is 16.1. The molecule has 2 amide bonds. The molecular formula is C17H15BrN2O3. The topological polar surface area (TPSA) is 59.6 Å². The van der Waals surface area contributed by atoms with Crippen molar-refractivity contribution >= 4 is 28.0 Å². The molecule has 1 heterocycles. The first-order valence-electron chi connectivity index (χ1n) is 7.06. The maximum atomic E-state index is 11.8. The summed E-state index contributed by atoms with van der Waals surface area (Å²) in [5.41, 5.74) is 1.93. The number of carbonyl (C=O) groups is 1. The van der Waals surface area contributed by atoms with Gasteiger partial charge in [0.2, 0.25) is 6.79 Å². The first-order valence-corrected chi connectivity index (χ1v) is 7.85. The number of halogens is 1. The number of rotatable bonds is 4. The van der Waals surface area contributed by atoms with E-state index in [2.05, 4.69) is 26.6 Å². The third-order valence-electron chi connectivity index (χ3n) is 3.27. The van der Waals surface area contributed by atoms with Gasteiger partial charge in [0.25, 0.3) is 0 Å². The molecule has 2 aromatic carbocycles. The van der Waals surface area contributed by atoms with E-state index in [1.54, 1.807) is 6.20 Å². The van der Waals surface area contributed by atoms with Gasteiger partial charge in [-0.15, -0.1) is 0 Å². The summed E-state index contributed by atoms with van der Waals surface area (Å²) in [6.45, 7) is 0.651. The van der Waals surface area contributed by atoms with Crippen molar-refractivity contribution in [3.8, 4) is 11.5 Å². The lowest BCUT2D eigenvalue weighted by Gasteiger charge is -2.06. The maximum absolute atomic E-state index is 11.8. The third-order valence-corrected chi connectivity index (χ3v) is 3.99. The predicted octanol–water partition coefficient (Wildman–Crippen LogP) is 3.65. The van der Waals surface area contributed by atoms with E-state index in [4.69, 9.17) is 9.47 Å². The van der Waals surface area contributed by atoms with Crippen LogP contribution in [0.1, 0.15) is 11.1 Å². The van der Waals surface area contributed by atoms with Crippen molar-refractivity contribution in [1.82, 2.24) is 10.6 Å². The summed E-state index contributed by atoms with van der Waals surface area (Å²) in [7, 11) is 0. The van der Waals surface area contributed by atoms with Crippen molar-refractivity contribution in [3.63, 3.8) is 0 Å². The molecule has 0 aliphatic carbocycles. The van der Waals surface area contributed by atoms with Crippen LogP contribution in [0, 0.1) is 0 Å². The molecule has 6 heteroatoms. The van der Waals surface area contributed by atoms with E-state index < -0.39 is 0 Å². The monoisotopic (exact) mass is 374 g/mol. The van der Waals surface area contributed by atoms with Crippen LogP contribution in [0.4, 0.5) is 4.79 Å². The van der Waals surface area contributed by atoms with E-state index in [0.717, 1.165) is 21.3 Å². The lowest BCUT2D eigenvalue weighted by atomic mass is 10.2. The summed E-state index contributed by atoms with van der Waals surface area (Å²) in [4.78, 5) is 11.8. The minimum Gasteiger partial charge on any atom is -0.454 e. The molecule has 0 unspecified atom stereocenters. The van der Waals surface area contributed by atoms with Crippen LogP contribution in [0.15, 0.2) is 53.1 Å². The number of nitrogens with one attached hydrogen (secondary N) is 2. The van der Waals surface area contributed by atoms with Gasteiger partial charge in [-0.25, -0.2) is 4.79 Å². The summed E-state index contributed by atoms with van der Waals surface area (Å²) in [5.74, 6) is 1.44. The quantitative estimate of drug-likeness (QED) is 0.858. The molecular weight excluding hydrogens is 360 g/mol. The van der Waals surface area contributed by atoms with Gasteiger partial charge < -0.3 is 20.1 Å². The molecule has 23 heavy (non-hydrogen) atoms. The van der Waals surface area contributed by atoms with Gasteiger partial charge in [0.15, 0.2) is 11.5 Å². The van der Waals surface area contributed by atoms with Crippen LogP contribution in [0.25, 0.3) is 6.08 Å². The lowest BCUT2D eigenvalue weighted by Crippen LogP contribution is -2.31. The summed E-state index contributed by atoms with van der Waals surface area (Å²) >= 11 is 3.45. The largest absolute Gasteiger partial charge is 0.454 e. The van der Waals surface area contributed by atoms with Crippen LogP contribution in [0.3, 0.4) is 0 Å². The van der Waals surface area contributed by atoms with Gasteiger partial charge in [0.1, 0.15) is 0 Å². The summed E-state index contributed by atoms with van der Waals surface area (Å²) in [6.07, 6.45) is 3.43. The molecule has 0 radical (unpaired) electrons. The number of ether oxygens (including phenoxy) is 2. The number of carbonyl (C=O) groups excluding carboxylic acids is 1. The number of hydrogen-bond donors (Lipinski definition) is 2. The van der Waals surface area contributed by atoms with E-state index in [1.807, 2.05) is 48.5 Å². The minimum atomic E-state index is -0.272. The van der Waals surface area contributed by atoms with Crippen molar-refractivity contribution in [3.05, 3.63) is 64.3 Å². The normalized spacial score (nSPS) is 12.4. The van der Waals surface area contributed by atoms with Gasteiger partial charge in [0, 0.05) is 17.2 Å². The number of amides is 2. The fourth-order valence-electron chi connectivity index (χ4n) is 2.10. The Bertz CT molecular complexity index is 746. The molecule has 0 saturated heterocycles. The van der Waals surface area contributed by atoms with Gasteiger partial charge in [-0.2, -0.15) is 0 Å². The molecule has 2 N–H and O–H groups in total. The van der Waals surface area contributed by atoms with Crippen molar-refractivity contribution in [1.29, 1.82) is 0 Å². The number of benzene rings is 2. The first-order chi connectivity index (χ1) is 11.2. The molecule has 0 bridgehead atoms. The highest BCUT2D eigenvalue weighted by atomic mass is 79.9. The van der Waals surface area contributed by atoms with E-state index in [9.17, 15) is 4.79 Å². The van der Waals surface area contributed by atoms with Gasteiger partial charge in [0.05, 0.1) is 0 Å². The smallest absolute Gasteiger partial charge is 0.319 e. The van der Waals surface area contributed by atoms with Crippen LogP contribution in [0.2, 0.25) is 0 Å². The summed E-state index contributed by atoms with van der Waals surface area (Å²) < 4.78 is 11.5. The van der Waals surface area contributed by atoms with E-state index in [-0.39, 0.29) is 12.8 Å². The lowest BCUT2D eigenvalue weighted by molar-refractivity contribution is 0.174. The SMILES string of the molecule is O=C(N/C=C/c1ccccc1Br)NCc1ccc2c(c1)OCO2. The molecule has 1 aliphatic rings. The van der Waals surface area contributed by atoms with Crippen LogP contribution < -0.4 is 20.1 Å². The molecule has 0 saturated carbocycles. The first kappa shape index (κ1) is 15.4. The van der Waals surface area contributed by atoms with Crippen molar-refractivity contribution in [2.24, 2.45) is 0 Å². The molecule has 0 aromatic heterocycles. The fraction of sp³-hybridized carbons (Fsp3) is 0.118. The molecule has 0 atom stereocenters. The molecule has 0 spiro atoms.